The zero-order valence-electron chi connectivity index (χ0n) is 15.6. The number of carbonyl (C=O) groups excluding carboxylic acids is 2. The van der Waals surface area contributed by atoms with Crippen LogP contribution >= 0.6 is 15.9 Å². The molecule has 2 rings (SSSR count). The third-order valence-electron chi connectivity index (χ3n) is 3.96. The number of anilines is 1. The first kappa shape index (κ1) is 20.8. The Bertz CT molecular complexity index is 824. The highest BCUT2D eigenvalue weighted by Crippen LogP contribution is 2.27. The number of carbonyl (C=O) groups is 2. The maximum Gasteiger partial charge on any atom is 0.226 e. The van der Waals surface area contributed by atoms with Crippen molar-refractivity contribution >= 4 is 33.4 Å². The summed E-state index contributed by atoms with van der Waals surface area (Å²) in [6, 6.07) is 11.0. The maximum absolute atomic E-state index is 12.1. The number of aryl methyl sites for hydroxylation is 1. The highest BCUT2D eigenvalue weighted by Gasteiger charge is 2.10. The zero-order chi connectivity index (χ0) is 19.8. The minimum Gasteiger partial charge on any atom is -0.493 e. The first-order valence-corrected chi connectivity index (χ1v) is 9.26. The molecule has 0 unspecified atom stereocenters. The standard InChI is InChI=1S/C20H23BrN2O4/c1-13-4-6-15(21)12-16(13)23-19(24)8-9-22-20(25)11-14-5-7-17(26-2)18(10-14)27-3/h4-7,10,12H,8-9,11H2,1-3H3,(H,22,25)(H,23,24). The van der Waals surface area contributed by atoms with E-state index in [-0.39, 0.29) is 31.2 Å². The van der Waals surface area contributed by atoms with Gasteiger partial charge in [-0.25, -0.2) is 0 Å². The van der Waals surface area contributed by atoms with Crippen LogP contribution in [0.2, 0.25) is 0 Å². The highest BCUT2D eigenvalue weighted by molar-refractivity contribution is 9.10. The Kier molecular flexibility index (Phi) is 7.67. The van der Waals surface area contributed by atoms with Crippen LogP contribution in [0, 0.1) is 6.92 Å². The van der Waals surface area contributed by atoms with E-state index in [1.165, 1.54) is 0 Å². The molecule has 0 radical (unpaired) electrons. The van der Waals surface area contributed by atoms with Gasteiger partial charge in [0.1, 0.15) is 0 Å². The molecular weight excluding hydrogens is 412 g/mol. The molecule has 27 heavy (non-hydrogen) atoms. The van der Waals surface area contributed by atoms with Gasteiger partial charge in [0, 0.05) is 23.1 Å². The Morgan fingerprint density at radius 1 is 1.00 bits per heavy atom. The van der Waals surface area contributed by atoms with Gasteiger partial charge in [0.25, 0.3) is 0 Å². The van der Waals surface area contributed by atoms with Crippen molar-refractivity contribution in [3.8, 4) is 11.5 Å². The van der Waals surface area contributed by atoms with Gasteiger partial charge < -0.3 is 20.1 Å². The lowest BCUT2D eigenvalue weighted by Crippen LogP contribution is -2.29. The van der Waals surface area contributed by atoms with Crippen LogP contribution in [-0.4, -0.2) is 32.6 Å². The summed E-state index contributed by atoms with van der Waals surface area (Å²) in [5.74, 6) is 0.879. The number of hydrogen-bond donors (Lipinski definition) is 2. The van der Waals surface area contributed by atoms with Crippen LogP contribution in [0.3, 0.4) is 0 Å². The van der Waals surface area contributed by atoms with Gasteiger partial charge in [0.15, 0.2) is 11.5 Å². The van der Waals surface area contributed by atoms with E-state index >= 15 is 0 Å². The average Bonchev–Trinajstić information content (AvgIpc) is 2.64. The van der Waals surface area contributed by atoms with Crippen molar-refractivity contribution in [2.75, 3.05) is 26.1 Å². The number of amides is 2. The molecule has 2 aromatic carbocycles. The summed E-state index contributed by atoms with van der Waals surface area (Å²) in [5.41, 5.74) is 2.54. The fourth-order valence-corrected chi connectivity index (χ4v) is 2.86. The van der Waals surface area contributed by atoms with E-state index in [4.69, 9.17) is 9.47 Å². The van der Waals surface area contributed by atoms with Crippen LogP contribution in [-0.2, 0) is 16.0 Å². The van der Waals surface area contributed by atoms with E-state index in [0.29, 0.717) is 11.5 Å². The van der Waals surface area contributed by atoms with E-state index in [0.717, 1.165) is 21.3 Å². The third-order valence-corrected chi connectivity index (χ3v) is 4.45. The lowest BCUT2D eigenvalue weighted by atomic mass is 10.1. The Hall–Kier alpha value is -2.54. The number of nitrogens with one attached hydrogen (secondary N) is 2. The Morgan fingerprint density at radius 2 is 1.74 bits per heavy atom. The molecule has 7 heteroatoms. The predicted octanol–water partition coefficient (Wildman–Crippen LogP) is 3.46. The Morgan fingerprint density at radius 3 is 2.44 bits per heavy atom. The topological polar surface area (TPSA) is 76.7 Å². The normalized spacial score (nSPS) is 10.2. The molecule has 0 aliphatic carbocycles. The first-order chi connectivity index (χ1) is 12.9. The van der Waals surface area contributed by atoms with Crippen molar-refractivity contribution in [3.05, 3.63) is 52.0 Å². The second kappa shape index (κ2) is 9.97. The summed E-state index contributed by atoms with van der Waals surface area (Å²) in [5, 5.41) is 5.61. The summed E-state index contributed by atoms with van der Waals surface area (Å²) in [7, 11) is 3.11. The minimum absolute atomic E-state index is 0.150. The van der Waals surface area contributed by atoms with Gasteiger partial charge in [-0.15, -0.1) is 0 Å². The fraction of sp³-hybridized carbons (Fsp3) is 0.300. The second-order valence-corrected chi connectivity index (χ2v) is 6.89. The van der Waals surface area contributed by atoms with Crippen LogP contribution in [0.1, 0.15) is 17.5 Å². The van der Waals surface area contributed by atoms with Gasteiger partial charge in [-0.2, -0.15) is 0 Å². The van der Waals surface area contributed by atoms with Crippen LogP contribution in [0.25, 0.3) is 0 Å². The van der Waals surface area contributed by atoms with E-state index in [2.05, 4.69) is 26.6 Å². The number of hydrogen-bond acceptors (Lipinski definition) is 4. The largest absolute Gasteiger partial charge is 0.493 e. The van der Waals surface area contributed by atoms with Gasteiger partial charge in [-0.3, -0.25) is 9.59 Å². The molecular formula is C20H23BrN2O4. The second-order valence-electron chi connectivity index (χ2n) is 5.97. The van der Waals surface area contributed by atoms with Gasteiger partial charge in [0.05, 0.1) is 20.6 Å². The van der Waals surface area contributed by atoms with Crippen molar-refractivity contribution < 1.29 is 19.1 Å². The van der Waals surface area contributed by atoms with Crippen molar-refractivity contribution in [3.63, 3.8) is 0 Å². The summed E-state index contributed by atoms with van der Waals surface area (Å²) in [6.45, 7) is 2.19. The monoisotopic (exact) mass is 434 g/mol. The van der Waals surface area contributed by atoms with Crippen LogP contribution < -0.4 is 20.1 Å². The van der Waals surface area contributed by atoms with Gasteiger partial charge in [-0.1, -0.05) is 28.1 Å². The molecule has 0 fully saturated rings. The Labute approximate surface area is 167 Å². The molecule has 0 aliphatic heterocycles. The summed E-state index contributed by atoms with van der Waals surface area (Å²) >= 11 is 3.38. The van der Waals surface area contributed by atoms with Crippen molar-refractivity contribution in [2.24, 2.45) is 0 Å². The highest BCUT2D eigenvalue weighted by atomic mass is 79.9. The molecule has 0 saturated carbocycles. The number of methoxy groups -OCH3 is 2. The van der Waals surface area contributed by atoms with Crippen LogP contribution in [0.4, 0.5) is 5.69 Å². The smallest absolute Gasteiger partial charge is 0.226 e. The van der Waals surface area contributed by atoms with Gasteiger partial charge >= 0.3 is 0 Å². The SMILES string of the molecule is COc1ccc(CC(=O)NCCC(=O)Nc2cc(Br)ccc2C)cc1OC. The molecule has 6 nitrogen and oxygen atoms in total. The van der Waals surface area contributed by atoms with Crippen LogP contribution in [0.5, 0.6) is 11.5 Å². The van der Waals surface area contributed by atoms with E-state index in [1.54, 1.807) is 26.4 Å². The summed E-state index contributed by atoms with van der Waals surface area (Å²) in [6.07, 6.45) is 0.399. The van der Waals surface area contributed by atoms with Gasteiger partial charge in [0.2, 0.25) is 11.8 Å². The average molecular weight is 435 g/mol. The number of rotatable bonds is 8. The summed E-state index contributed by atoms with van der Waals surface area (Å²) in [4.78, 5) is 24.1. The van der Waals surface area contributed by atoms with E-state index < -0.39 is 0 Å². The lowest BCUT2D eigenvalue weighted by molar-refractivity contribution is -0.120. The Balaban J connectivity index is 1.80. The fourth-order valence-electron chi connectivity index (χ4n) is 2.50. The molecule has 2 aromatic rings. The quantitative estimate of drug-likeness (QED) is 0.666. The van der Waals surface area contributed by atoms with E-state index in [1.807, 2.05) is 31.2 Å². The molecule has 2 amide bonds. The minimum atomic E-state index is -0.159. The lowest BCUT2D eigenvalue weighted by Gasteiger charge is -2.11. The van der Waals surface area contributed by atoms with Crippen LogP contribution in [0.15, 0.2) is 40.9 Å². The zero-order valence-corrected chi connectivity index (χ0v) is 17.2. The first-order valence-electron chi connectivity index (χ1n) is 8.46. The molecule has 2 N–H and O–H groups in total. The molecule has 0 aliphatic rings. The summed E-state index contributed by atoms with van der Waals surface area (Å²) < 4.78 is 11.3. The molecule has 0 heterocycles. The molecule has 0 spiro atoms. The molecule has 0 atom stereocenters. The van der Waals surface area contributed by atoms with Crippen molar-refractivity contribution in [2.45, 2.75) is 19.8 Å². The molecule has 144 valence electrons. The molecule has 0 aromatic heterocycles. The number of halogens is 1. The van der Waals surface area contributed by atoms with Gasteiger partial charge in [-0.05, 0) is 42.3 Å². The number of ether oxygens (including phenoxy) is 2. The van der Waals surface area contributed by atoms with E-state index in [9.17, 15) is 9.59 Å². The maximum atomic E-state index is 12.1. The third kappa shape index (κ3) is 6.29. The number of benzene rings is 2. The van der Waals surface area contributed by atoms with Crippen molar-refractivity contribution in [1.82, 2.24) is 5.32 Å². The molecule has 0 saturated heterocycles. The van der Waals surface area contributed by atoms with Crippen molar-refractivity contribution in [1.29, 1.82) is 0 Å². The molecule has 0 bridgehead atoms. The predicted molar refractivity (Wildman–Crippen MR) is 108 cm³/mol.